The van der Waals surface area contributed by atoms with Crippen molar-refractivity contribution < 1.29 is 5.11 Å². The number of aliphatic hydroxyl groups is 1. The van der Waals surface area contributed by atoms with Crippen LogP contribution in [0.4, 0.5) is 5.69 Å². The zero-order valence-corrected chi connectivity index (χ0v) is 6.31. The molecule has 2 aromatic heterocycles. The number of aliphatic hydroxyl groups excluding tert-OH is 1. The van der Waals surface area contributed by atoms with E-state index in [1.807, 2.05) is 0 Å². The standard InChI is InChI=1S/C7H8N4O/c8-5-2-1-3-11-7(5)9-6(4-12)10-11/h1-3,12H,4,8H2. The molecule has 2 heterocycles. The molecule has 2 aromatic rings. The van der Waals surface area contributed by atoms with Gasteiger partial charge in [0.25, 0.3) is 0 Å². The lowest BCUT2D eigenvalue weighted by molar-refractivity contribution is 0.271. The summed E-state index contributed by atoms with van der Waals surface area (Å²) >= 11 is 0. The van der Waals surface area contributed by atoms with Crippen LogP contribution in [0.5, 0.6) is 0 Å². The minimum Gasteiger partial charge on any atom is -0.396 e. The van der Waals surface area contributed by atoms with Crippen LogP contribution in [0.3, 0.4) is 0 Å². The van der Waals surface area contributed by atoms with E-state index >= 15 is 0 Å². The van der Waals surface area contributed by atoms with Gasteiger partial charge in [0.1, 0.15) is 6.61 Å². The van der Waals surface area contributed by atoms with Crippen LogP contribution in [0.25, 0.3) is 5.65 Å². The third-order valence-corrected chi connectivity index (χ3v) is 1.58. The quantitative estimate of drug-likeness (QED) is 0.612. The van der Waals surface area contributed by atoms with E-state index in [2.05, 4.69) is 10.1 Å². The van der Waals surface area contributed by atoms with Crippen LogP contribution in [-0.2, 0) is 6.61 Å². The summed E-state index contributed by atoms with van der Waals surface area (Å²) < 4.78 is 1.54. The Balaban J connectivity index is 2.74. The zero-order chi connectivity index (χ0) is 8.55. The second-order valence-corrected chi connectivity index (χ2v) is 2.42. The lowest BCUT2D eigenvalue weighted by Crippen LogP contribution is -1.92. The third kappa shape index (κ3) is 0.911. The summed E-state index contributed by atoms with van der Waals surface area (Å²) in [5.74, 6) is 0.382. The minimum atomic E-state index is -0.166. The van der Waals surface area contributed by atoms with Gasteiger partial charge in [0.15, 0.2) is 11.5 Å². The van der Waals surface area contributed by atoms with Gasteiger partial charge in [-0.2, -0.15) is 0 Å². The molecular formula is C7H8N4O. The minimum absolute atomic E-state index is 0.166. The Morgan fingerprint density at radius 2 is 2.42 bits per heavy atom. The third-order valence-electron chi connectivity index (χ3n) is 1.58. The number of hydrogen-bond donors (Lipinski definition) is 2. The predicted molar refractivity (Wildman–Crippen MR) is 43.3 cm³/mol. The molecule has 0 saturated heterocycles. The van der Waals surface area contributed by atoms with E-state index < -0.39 is 0 Å². The average molecular weight is 164 g/mol. The largest absolute Gasteiger partial charge is 0.396 e. The molecule has 0 bridgehead atoms. The molecule has 0 spiro atoms. The van der Waals surface area contributed by atoms with Gasteiger partial charge in [-0.1, -0.05) is 0 Å². The first kappa shape index (κ1) is 7.05. The van der Waals surface area contributed by atoms with Gasteiger partial charge in [-0.05, 0) is 12.1 Å². The Morgan fingerprint density at radius 1 is 1.58 bits per heavy atom. The van der Waals surface area contributed by atoms with E-state index in [0.29, 0.717) is 17.2 Å². The van der Waals surface area contributed by atoms with Crippen molar-refractivity contribution in [2.24, 2.45) is 0 Å². The van der Waals surface area contributed by atoms with E-state index in [1.54, 1.807) is 22.8 Å². The molecule has 0 aliphatic carbocycles. The molecule has 0 aliphatic rings. The number of nitrogens with zero attached hydrogens (tertiary/aromatic N) is 3. The van der Waals surface area contributed by atoms with Crippen LogP contribution in [0.1, 0.15) is 5.82 Å². The van der Waals surface area contributed by atoms with E-state index in [9.17, 15) is 0 Å². The first-order valence-corrected chi connectivity index (χ1v) is 3.52. The highest BCUT2D eigenvalue weighted by Gasteiger charge is 2.03. The van der Waals surface area contributed by atoms with Crippen molar-refractivity contribution in [3.8, 4) is 0 Å². The lowest BCUT2D eigenvalue weighted by atomic mass is 10.4. The van der Waals surface area contributed by atoms with Crippen LogP contribution in [0.2, 0.25) is 0 Å². The number of pyridine rings is 1. The fraction of sp³-hybridized carbons (Fsp3) is 0.143. The highest BCUT2D eigenvalue weighted by Crippen LogP contribution is 2.09. The monoisotopic (exact) mass is 164 g/mol. The maximum absolute atomic E-state index is 8.75. The molecular weight excluding hydrogens is 156 g/mol. The van der Waals surface area contributed by atoms with Crippen LogP contribution < -0.4 is 5.73 Å². The average Bonchev–Trinajstić information content (AvgIpc) is 2.49. The Hall–Kier alpha value is -1.62. The summed E-state index contributed by atoms with van der Waals surface area (Å²) in [5, 5.41) is 12.7. The van der Waals surface area contributed by atoms with Gasteiger partial charge >= 0.3 is 0 Å². The van der Waals surface area contributed by atoms with Crippen LogP contribution >= 0.6 is 0 Å². The number of rotatable bonds is 1. The van der Waals surface area contributed by atoms with E-state index in [1.165, 1.54) is 0 Å². The molecule has 0 unspecified atom stereocenters. The van der Waals surface area contributed by atoms with Gasteiger partial charge in [0, 0.05) is 6.20 Å². The second-order valence-electron chi connectivity index (χ2n) is 2.42. The number of aromatic nitrogens is 3. The summed E-state index contributed by atoms with van der Waals surface area (Å²) in [7, 11) is 0. The summed E-state index contributed by atoms with van der Waals surface area (Å²) in [6, 6.07) is 3.52. The molecule has 62 valence electrons. The van der Waals surface area contributed by atoms with Gasteiger partial charge in [-0.25, -0.2) is 9.50 Å². The first-order valence-electron chi connectivity index (χ1n) is 3.52. The van der Waals surface area contributed by atoms with Gasteiger partial charge in [0.2, 0.25) is 0 Å². The SMILES string of the molecule is Nc1cccn2nc(CO)nc12. The highest BCUT2D eigenvalue weighted by atomic mass is 16.3. The topological polar surface area (TPSA) is 76.4 Å². The van der Waals surface area contributed by atoms with Crippen molar-refractivity contribution >= 4 is 11.3 Å². The van der Waals surface area contributed by atoms with Gasteiger partial charge in [0.05, 0.1) is 5.69 Å². The Kier molecular flexibility index (Phi) is 1.44. The van der Waals surface area contributed by atoms with Crippen molar-refractivity contribution in [2.75, 3.05) is 5.73 Å². The predicted octanol–water partition coefficient (Wildman–Crippen LogP) is -0.196. The number of fused-ring (bicyclic) bond motifs is 1. The van der Waals surface area contributed by atoms with E-state index in [4.69, 9.17) is 10.8 Å². The number of hydrogen-bond acceptors (Lipinski definition) is 4. The zero-order valence-electron chi connectivity index (χ0n) is 6.31. The molecule has 2 rings (SSSR count). The maximum atomic E-state index is 8.75. The van der Waals surface area contributed by atoms with Crippen LogP contribution in [0, 0.1) is 0 Å². The molecule has 0 radical (unpaired) electrons. The van der Waals surface area contributed by atoms with Crippen molar-refractivity contribution in [1.82, 2.24) is 14.6 Å². The molecule has 0 saturated carbocycles. The summed E-state index contributed by atoms with van der Waals surface area (Å²) in [4.78, 5) is 4.01. The first-order chi connectivity index (χ1) is 5.81. The van der Waals surface area contributed by atoms with Crippen molar-refractivity contribution in [3.05, 3.63) is 24.2 Å². The van der Waals surface area contributed by atoms with Gasteiger partial charge in [-0.15, -0.1) is 5.10 Å². The molecule has 0 amide bonds. The molecule has 0 fully saturated rings. The van der Waals surface area contributed by atoms with Crippen LogP contribution in [-0.4, -0.2) is 19.7 Å². The van der Waals surface area contributed by atoms with E-state index in [0.717, 1.165) is 0 Å². The van der Waals surface area contributed by atoms with Gasteiger partial charge in [-0.3, -0.25) is 0 Å². The molecule has 3 N–H and O–H groups in total. The lowest BCUT2D eigenvalue weighted by Gasteiger charge is -1.92. The molecule has 0 aromatic carbocycles. The molecule has 0 aliphatic heterocycles. The van der Waals surface area contributed by atoms with Crippen molar-refractivity contribution in [2.45, 2.75) is 6.61 Å². The number of anilines is 1. The smallest absolute Gasteiger partial charge is 0.178 e. The highest BCUT2D eigenvalue weighted by molar-refractivity contribution is 5.63. The number of nitrogens with two attached hydrogens (primary N) is 1. The summed E-state index contributed by atoms with van der Waals surface area (Å²) in [5.41, 5.74) is 6.76. The van der Waals surface area contributed by atoms with Crippen LogP contribution in [0.15, 0.2) is 18.3 Å². The summed E-state index contributed by atoms with van der Waals surface area (Å²) in [6.45, 7) is -0.166. The molecule has 12 heavy (non-hydrogen) atoms. The molecule has 5 heteroatoms. The van der Waals surface area contributed by atoms with Crippen molar-refractivity contribution in [1.29, 1.82) is 0 Å². The Morgan fingerprint density at radius 3 is 3.08 bits per heavy atom. The maximum Gasteiger partial charge on any atom is 0.178 e. The summed E-state index contributed by atoms with van der Waals surface area (Å²) in [6.07, 6.45) is 1.73. The second kappa shape index (κ2) is 2.46. The Labute approximate surface area is 68.5 Å². The molecule has 0 atom stereocenters. The van der Waals surface area contributed by atoms with Crippen molar-refractivity contribution in [3.63, 3.8) is 0 Å². The normalized spacial score (nSPS) is 10.8. The Bertz CT molecular complexity index is 409. The van der Waals surface area contributed by atoms with E-state index in [-0.39, 0.29) is 6.61 Å². The fourth-order valence-electron chi connectivity index (χ4n) is 1.04. The molecule has 5 nitrogen and oxygen atoms in total. The fourth-order valence-corrected chi connectivity index (χ4v) is 1.04. The van der Waals surface area contributed by atoms with Gasteiger partial charge < -0.3 is 10.8 Å². The number of nitrogen functional groups attached to an aromatic ring is 1.